The van der Waals surface area contributed by atoms with Crippen molar-refractivity contribution in [2.45, 2.75) is 33.2 Å². The number of aliphatic carboxylic acids is 1. The summed E-state index contributed by atoms with van der Waals surface area (Å²) < 4.78 is 1.62. The molecule has 0 atom stereocenters. The zero-order valence-electron chi connectivity index (χ0n) is 18.9. The minimum absolute atomic E-state index is 0.0195. The first-order valence-electron chi connectivity index (χ1n) is 10.9. The second kappa shape index (κ2) is 10.1. The summed E-state index contributed by atoms with van der Waals surface area (Å²) in [6.07, 6.45) is 2.04. The summed E-state index contributed by atoms with van der Waals surface area (Å²) in [6.45, 7) is 4.44. The van der Waals surface area contributed by atoms with Gasteiger partial charge in [0.05, 0.1) is 18.3 Å². The quantitative estimate of drug-likeness (QED) is 0.347. The van der Waals surface area contributed by atoms with E-state index in [0.29, 0.717) is 41.6 Å². The molecule has 10 nitrogen and oxygen atoms in total. The number of carboxylic acids is 1. The first-order chi connectivity index (χ1) is 16.4. The number of fused-ring (bicyclic) bond motifs is 1. The normalized spacial score (nSPS) is 11.0. The lowest BCUT2D eigenvalue weighted by molar-refractivity contribution is -0.136. The molecule has 0 bridgehead atoms. The summed E-state index contributed by atoms with van der Waals surface area (Å²) >= 11 is 0. The van der Waals surface area contributed by atoms with E-state index in [1.165, 1.54) is 0 Å². The molecule has 0 aliphatic heterocycles. The smallest absolute Gasteiger partial charge is 0.307 e. The van der Waals surface area contributed by atoms with Crippen LogP contribution in [0.4, 0.5) is 11.6 Å². The van der Waals surface area contributed by atoms with E-state index >= 15 is 0 Å². The lowest BCUT2D eigenvalue weighted by Crippen LogP contribution is -2.23. The zero-order valence-corrected chi connectivity index (χ0v) is 18.9. The Hall–Kier alpha value is -4.34. The van der Waals surface area contributed by atoms with Crippen LogP contribution in [0.3, 0.4) is 0 Å². The highest BCUT2D eigenvalue weighted by atomic mass is 16.4. The molecular weight excluding hydrogens is 434 g/mol. The van der Waals surface area contributed by atoms with Crippen molar-refractivity contribution in [3.63, 3.8) is 0 Å². The van der Waals surface area contributed by atoms with E-state index in [4.69, 9.17) is 5.11 Å². The van der Waals surface area contributed by atoms with Crippen LogP contribution in [0.15, 0.2) is 54.7 Å². The number of nitrogens with one attached hydrogen (secondary N) is 2. The fourth-order valence-electron chi connectivity index (χ4n) is 3.41. The van der Waals surface area contributed by atoms with Crippen molar-refractivity contribution < 1.29 is 14.7 Å². The van der Waals surface area contributed by atoms with Gasteiger partial charge in [-0.2, -0.15) is 9.67 Å². The number of hydrogen-bond acceptors (Lipinski definition) is 7. The average molecular weight is 460 g/mol. The van der Waals surface area contributed by atoms with Crippen molar-refractivity contribution >= 4 is 34.7 Å². The number of amides is 1. The fraction of sp³-hybridized carbons (Fsp3) is 0.250. The van der Waals surface area contributed by atoms with E-state index in [2.05, 4.69) is 30.9 Å². The molecule has 0 aliphatic rings. The molecule has 4 rings (SSSR count). The van der Waals surface area contributed by atoms with Gasteiger partial charge in [0, 0.05) is 18.7 Å². The molecule has 0 fully saturated rings. The number of carbonyl (C=O) groups excluding carboxylic acids is 1. The molecule has 2 heterocycles. The van der Waals surface area contributed by atoms with Crippen LogP contribution in [0, 0.1) is 5.92 Å². The summed E-state index contributed by atoms with van der Waals surface area (Å²) in [7, 11) is 0. The van der Waals surface area contributed by atoms with Crippen LogP contribution in [0.25, 0.3) is 16.9 Å². The molecule has 34 heavy (non-hydrogen) atoms. The van der Waals surface area contributed by atoms with E-state index in [0.717, 1.165) is 16.9 Å². The third-order valence-electron chi connectivity index (χ3n) is 5.00. The van der Waals surface area contributed by atoms with Gasteiger partial charge in [0.25, 0.3) is 0 Å². The lowest BCUT2D eigenvalue weighted by Gasteiger charge is -2.09. The van der Waals surface area contributed by atoms with Crippen molar-refractivity contribution in [2.24, 2.45) is 5.92 Å². The van der Waals surface area contributed by atoms with E-state index < -0.39 is 5.97 Å². The highest BCUT2D eigenvalue weighted by molar-refractivity contribution is 5.76. The second-order valence-corrected chi connectivity index (χ2v) is 8.34. The largest absolute Gasteiger partial charge is 0.481 e. The van der Waals surface area contributed by atoms with Crippen molar-refractivity contribution in [3.05, 3.63) is 65.9 Å². The number of carboxylic acid groups (broad SMARTS) is 1. The lowest BCUT2D eigenvalue weighted by atomic mass is 10.1. The number of carbonyl (C=O) groups is 2. The molecule has 1 amide bonds. The predicted octanol–water partition coefficient (Wildman–Crippen LogP) is 3.24. The standard InChI is InChI=1S/C24H25N7O3/c1-15(2)10-21(32)25-13-17-4-3-5-19(11-17)31-23-20(29-30-31)14-26-24(28-23)27-18-8-6-16(7-9-18)12-22(33)34/h3-9,11,14-15H,10,12-13H2,1-2H3,(H,25,32)(H,33,34)(H,26,27,28). The molecule has 0 saturated heterocycles. The number of benzene rings is 2. The summed E-state index contributed by atoms with van der Waals surface area (Å²) in [5.41, 5.74) is 4.20. The molecule has 174 valence electrons. The van der Waals surface area contributed by atoms with Crippen molar-refractivity contribution in [3.8, 4) is 5.69 Å². The Bertz CT molecular complexity index is 1320. The topological polar surface area (TPSA) is 135 Å². The van der Waals surface area contributed by atoms with Crippen LogP contribution in [0.1, 0.15) is 31.4 Å². The first kappa shape index (κ1) is 22.8. The molecule has 0 radical (unpaired) electrons. The Morgan fingerprint density at radius 3 is 2.62 bits per heavy atom. The Balaban J connectivity index is 1.52. The van der Waals surface area contributed by atoms with Gasteiger partial charge in [-0.1, -0.05) is 43.3 Å². The Labute approximate surface area is 196 Å². The molecule has 4 aromatic rings. The van der Waals surface area contributed by atoms with E-state index in [9.17, 15) is 9.59 Å². The summed E-state index contributed by atoms with van der Waals surface area (Å²) in [5.74, 6) is -0.194. The number of anilines is 2. The van der Waals surface area contributed by atoms with Crippen molar-refractivity contribution in [1.29, 1.82) is 0 Å². The maximum absolute atomic E-state index is 12.0. The van der Waals surface area contributed by atoms with Crippen LogP contribution >= 0.6 is 0 Å². The molecule has 0 saturated carbocycles. The van der Waals surface area contributed by atoms with Gasteiger partial charge >= 0.3 is 5.97 Å². The average Bonchev–Trinajstić information content (AvgIpc) is 3.22. The molecule has 10 heteroatoms. The van der Waals surface area contributed by atoms with Crippen LogP contribution in [-0.2, 0) is 22.6 Å². The first-order valence-corrected chi connectivity index (χ1v) is 10.9. The summed E-state index contributed by atoms with van der Waals surface area (Å²) in [5, 5.41) is 23.3. The van der Waals surface area contributed by atoms with Crippen molar-refractivity contribution in [1.82, 2.24) is 30.3 Å². The number of rotatable bonds is 9. The van der Waals surface area contributed by atoms with E-state index in [1.54, 1.807) is 35.1 Å². The van der Waals surface area contributed by atoms with Crippen LogP contribution in [0.2, 0.25) is 0 Å². The minimum atomic E-state index is -0.878. The van der Waals surface area contributed by atoms with E-state index in [-0.39, 0.29) is 12.3 Å². The van der Waals surface area contributed by atoms with Crippen molar-refractivity contribution in [2.75, 3.05) is 5.32 Å². The van der Waals surface area contributed by atoms with Crippen LogP contribution in [-0.4, -0.2) is 41.9 Å². The minimum Gasteiger partial charge on any atom is -0.481 e. The zero-order chi connectivity index (χ0) is 24.1. The second-order valence-electron chi connectivity index (χ2n) is 8.34. The maximum Gasteiger partial charge on any atom is 0.307 e. The van der Waals surface area contributed by atoms with Crippen LogP contribution in [0.5, 0.6) is 0 Å². The van der Waals surface area contributed by atoms with Gasteiger partial charge in [0.1, 0.15) is 0 Å². The van der Waals surface area contributed by atoms with Gasteiger partial charge in [0.15, 0.2) is 11.2 Å². The molecule has 0 unspecified atom stereocenters. The van der Waals surface area contributed by atoms with Gasteiger partial charge in [-0.3, -0.25) is 9.59 Å². The predicted molar refractivity (Wildman–Crippen MR) is 127 cm³/mol. The molecule has 2 aromatic heterocycles. The Morgan fingerprint density at radius 2 is 1.88 bits per heavy atom. The molecule has 3 N–H and O–H groups in total. The summed E-state index contributed by atoms with van der Waals surface area (Å²) in [4.78, 5) is 31.7. The molecule has 0 spiro atoms. The number of aromatic nitrogens is 5. The fourth-order valence-corrected chi connectivity index (χ4v) is 3.41. The highest BCUT2D eigenvalue weighted by Crippen LogP contribution is 2.19. The monoisotopic (exact) mass is 459 g/mol. The SMILES string of the molecule is CC(C)CC(=O)NCc1cccc(-n2nnc3cnc(Nc4ccc(CC(=O)O)cc4)nc32)c1. The van der Waals surface area contributed by atoms with Gasteiger partial charge < -0.3 is 15.7 Å². The molecule has 0 aliphatic carbocycles. The van der Waals surface area contributed by atoms with Gasteiger partial charge in [-0.25, -0.2) is 4.98 Å². The number of hydrogen-bond donors (Lipinski definition) is 3. The van der Waals surface area contributed by atoms with Gasteiger partial charge in [-0.15, -0.1) is 5.10 Å². The highest BCUT2D eigenvalue weighted by Gasteiger charge is 2.12. The van der Waals surface area contributed by atoms with Gasteiger partial charge in [0.2, 0.25) is 11.9 Å². The molecular formula is C24H25N7O3. The summed E-state index contributed by atoms with van der Waals surface area (Å²) in [6, 6.07) is 14.7. The Kier molecular flexibility index (Phi) is 6.77. The Morgan fingerprint density at radius 1 is 1.09 bits per heavy atom. The molecule has 2 aromatic carbocycles. The third-order valence-corrected chi connectivity index (χ3v) is 5.00. The van der Waals surface area contributed by atoms with E-state index in [1.807, 2.05) is 38.1 Å². The number of nitrogens with zero attached hydrogens (tertiary/aromatic N) is 5. The third kappa shape index (κ3) is 5.71. The van der Waals surface area contributed by atoms with Crippen LogP contribution < -0.4 is 10.6 Å². The van der Waals surface area contributed by atoms with Gasteiger partial charge in [-0.05, 0) is 41.3 Å². The maximum atomic E-state index is 12.0.